The fourth-order valence-electron chi connectivity index (χ4n) is 2.58. The molecule has 3 heteroatoms. The van der Waals surface area contributed by atoms with Gasteiger partial charge >= 0.3 is 0 Å². The summed E-state index contributed by atoms with van der Waals surface area (Å²) in [7, 11) is 0. The summed E-state index contributed by atoms with van der Waals surface area (Å²) in [5.41, 5.74) is 3.51. The Balaban J connectivity index is 1.96. The summed E-state index contributed by atoms with van der Waals surface area (Å²) in [5.74, 6) is 0.635. The van der Waals surface area contributed by atoms with E-state index in [-0.39, 0.29) is 17.3 Å². The molecule has 126 valence electrons. The molecule has 0 aliphatic carbocycles. The van der Waals surface area contributed by atoms with Crippen LogP contribution in [0.2, 0.25) is 0 Å². The number of ether oxygens (including phenoxy) is 2. The standard InChI is InChI=1S/C21H24O3/c1-14-6-5-7-15(10-14)20(22)18-9-8-16(21(2,3)4)11-19(18)24-13-17-12-23-17/h5-11,17H,12-13H2,1-4H3. The van der Waals surface area contributed by atoms with Crippen molar-refractivity contribution in [3.63, 3.8) is 0 Å². The Morgan fingerprint density at radius 3 is 2.58 bits per heavy atom. The lowest BCUT2D eigenvalue weighted by Gasteiger charge is -2.21. The van der Waals surface area contributed by atoms with Crippen LogP contribution in [0.5, 0.6) is 5.75 Å². The number of hydrogen-bond acceptors (Lipinski definition) is 3. The van der Waals surface area contributed by atoms with Gasteiger partial charge in [-0.15, -0.1) is 0 Å². The highest BCUT2D eigenvalue weighted by Crippen LogP contribution is 2.30. The van der Waals surface area contributed by atoms with E-state index in [0.29, 0.717) is 23.5 Å². The number of benzene rings is 2. The van der Waals surface area contributed by atoms with Crippen LogP contribution in [-0.4, -0.2) is 25.1 Å². The lowest BCUT2D eigenvalue weighted by atomic mass is 9.85. The van der Waals surface area contributed by atoms with Gasteiger partial charge in [0.05, 0.1) is 12.2 Å². The first kappa shape index (κ1) is 16.7. The molecule has 1 fully saturated rings. The van der Waals surface area contributed by atoms with E-state index in [4.69, 9.17) is 9.47 Å². The predicted octanol–water partition coefficient (Wildman–Crippen LogP) is 4.30. The summed E-state index contributed by atoms with van der Waals surface area (Å²) < 4.78 is 11.1. The van der Waals surface area contributed by atoms with Gasteiger partial charge in [-0.2, -0.15) is 0 Å². The third-order valence-electron chi connectivity index (χ3n) is 4.20. The minimum atomic E-state index is -0.00845. The lowest BCUT2D eigenvalue weighted by Crippen LogP contribution is -2.14. The van der Waals surface area contributed by atoms with Crippen molar-refractivity contribution in [2.24, 2.45) is 0 Å². The fourth-order valence-corrected chi connectivity index (χ4v) is 2.58. The van der Waals surface area contributed by atoms with Crippen LogP contribution in [-0.2, 0) is 10.2 Å². The lowest BCUT2D eigenvalue weighted by molar-refractivity contribution is 0.103. The Kier molecular flexibility index (Phi) is 4.46. The highest BCUT2D eigenvalue weighted by molar-refractivity contribution is 6.10. The third kappa shape index (κ3) is 3.85. The van der Waals surface area contributed by atoms with Gasteiger partial charge in [0.2, 0.25) is 0 Å². The van der Waals surface area contributed by atoms with Crippen molar-refractivity contribution in [3.8, 4) is 5.75 Å². The van der Waals surface area contributed by atoms with Crippen molar-refractivity contribution in [3.05, 3.63) is 64.7 Å². The molecule has 1 unspecified atom stereocenters. The molecule has 2 aromatic carbocycles. The van der Waals surface area contributed by atoms with Crippen molar-refractivity contribution in [1.29, 1.82) is 0 Å². The quantitative estimate of drug-likeness (QED) is 0.608. The van der Waals surface area contributed by atoms with Crippen molar-refractivity contribution in [2.75, 3.05) is 13.2 Å². The number of carbonyl (C=O) groups is 1. The molecule has 1 atom stereocenters. The molecule has 0 amide bonds. The van der Waals surface area contributed by atoms with Crippen LogP contribution in [0.3, 0.4) is 0 Å². The number of epoxide rings is 1. The van der Waals surface area contributed by atoms with E-state index in [1.54, 1.807) is 0 Å². The van der Waals surface area contributed by atoms with E-state index >= 15 is 0 Å². The van der Waals surface area contributed by atoms with Gasteiger partial charge in [-0.3, -0.25) is 4.79 Å². The summed E-state index contributed by atoms with van der Waals surface area (Å²) in [5, 5.41) is 0. The van der Waals surface area contributed by atoms with Crippen LogP contribution in [0, 0.1) is 6.92 Å². The first-order valence-corrected chi connectivity index (χ1v) is 8.35. The zero-order valence-electron chi connectivity index (χ0n) is 14.8. The predicted molar refractivity (Wildman–Crippen MR) is 95.0 cm³/mol. The average Bonchev–Trinajstić information content (AvgIpc) is 3.35. The summed E-state index contributed by atoms with van der Waals surface area (Å²) in [6.45, 7) is 9.66. The van der Waals surface area contributed by atoms with Crippen LogP contribution >= 0.6 is 0 Å². The summed E-state index contributed by atoms with van der Waals surface area (Å²) >= 11 is 0. The second-order valence-corrected chi connectivity index (χ2v) is 7.43. The fraction of sp³-hybridized carbons (Fsp3) is 0.381. The SMILES string of the molecule is Cc1cccc(C(=O)c2ccc(C(C)(C)C)cc2OCC2CO2)c1. The Bertz CT molecular complexity index is 752. The maximum atomic E-state index is 12.9. The monoisotopic (exact) mass is 324 g/mol. The Labute approximate surface area is 143 Å². The zero-order chi connectivity index (χ0) is 17.3. The minimum absolute atomic E-state index is 0.000889. The number of ketones is 1. The van der Waals surface area contributed by atoms with Crippen molar-refractivity contribution < 1.29 is 14.3 Å². The number of hydrogen-bond donors (Lipinski definition) is 0. The Hall–Kier alpha value is -2.13. The van der Waals surface area contributed by atoms with Gasteiger partial charge in [0.25, 0.3) is 0 Å². The van der Waals surface area contributed by atoms with E-state index in [9.17, 15) is 4.79 Å². The molecule has 1 saturated heterocycles. The summed E-state index contributed by atoms with van der Waals surface area (Å²) in [6.07, 6.45) is 0.158. The van der Waals surface area contributed by atoms with E-state index in [2.05, 4.69) is 20.8 Å². The van der Waals surface area contributed by atoms with E-state index in [1.165, 1.54) is 0 Å². The van der Waals surface area contributed by atoms with E-state index < -0.39 is 0 Å². The van der Waals surface area contributed by atoms with Gasteiger partial charge in [-0.1, -0.05) is 50.6 Å². The molecule has 3 rings (SSSR count). The largest absolute Gasteiger partial charge is 0.490 e. The molecular formula is C21H24O3. The maximum absolute atomic E-state index is 12.9. The van der Waals surface area contributed by atoms with E-state index in [1.807, 2.05) is 49.4 Å². The smallest absolute Gasteiger partial charge is 0.196 e. The second-order valence-electron chi connectivity index (χ2n) is 7.43. The van der Waals surface area contributed by atoms with Gasteiger partial charge in [0, 0.05) is 5.56 Å². The van der Waals surface area contributed by atoms with Crippen LogP contribution in [0.4, 0.5) is 0 Å². The molecule has 2 aromatic rings. The first-order chi connectivity index (χ1) is 11.3. The molecular weight excluding hydrogens is 300 g/mol. The van der Waals surface area contributed by atoms with Crippen LogP contribution < -0.4 is 4.74 Å². The molecule has 0 aromatic heterocycles. The molecule has 1 aliphatic heterocycles. The molecule has 24 heavy (non-hydrogen) atoms. The topological polar surface area (TPSA) is 38.8 Å². The molecule has 1 aliphatic rings. The number of rotatable bonds is 5. The van der Waals surface area contributed by atoms with Crippen LogP contribution in [0.1, 0.15) is 47.8 Å². The van der Waals surface area contributed by atoms with E-state index in [0.717, 1.165) is 17.7 Å². The number of carbonyl (C=O) groups excluding carboxylic acids is 1. The van der Waals surface area contributed by atoms with Gasteiger partial charge in [-0.25, -0.2) is 0 Å². The molecule has 0 radical (unpaired) electrons. The Morgan fingerprint density at radius 1 is 1.21 bits per heavy atom. The normalized spacial score (nSPS) is 16.8. The molecule has 3 nitrogen and oxygen atoms in total. The average molecular weight is 324 g/mol. The zero-order valence-corrected chi connectivity index (χ0v) is 14.8. The molecule has 0 N–H and O–H groups in total. The first-order valence-electron chi connectivity index (χ1n) is 8.35. The van der Waals surface area contributed by atoms with Gasteiger partial charge in [0.1, 0.15) is 18.5 Å². The van der Waals surface area contributed by atoms with Crippen LogP contribution in [0.25, 0.3) is 0 Å². The highest BCUT2D eigenvalue weighted by atomic mass is 16.6. The molecule has 0 bridgehead atoms. The Morgan fingerprint density at radius 2 is 1.96 bits per heavy atom. The van der Waals surface area contributed by atoms with Gasteiger partial charge in [-0.05, 0) is 36.1 Å². The molecule has 0 saturated carbocycles. The summed E-state index contributed by atoms with van der Waals surface area (Å²) in [6, 6.07) is 13.5. The number of aryl methyl sites for hydroxylation is 1. The summed E-state index contributed by atoms with van der Waals surface area (Å²) in [4.78, 5) is 12.9. The maximum Gasteiger partial charge on any atom is 0.196 e. The van der Waals surface area contributed by atoms with Crippen LogP contribution in [0.15, 0.2) is 42.5 Å². The molecule has 0 spiro atoms. The van der Waals surface area contributed by atoms with Crippen molar-refractivity contribution in [1.82, 2.24) is 0 Å². The van der Waals surface area contributed by atoms with Crippen molar-refractivity contribution >= 4 is 5.78 Å². The van der Waals surface area contributed by atoms with Crippen molar-refractivity contribution in [2.45, 2.75) is 39.2 Å². The molecule has 1 heterocycles. The highest BCUT2D eigenvalue weighted by Gasteiger charge is 2.25. The van der Waals surface area contributed by atoms with Gasteiger partial charge in [0.15, 0.2) is 5.78 Å². The third-order valence-corrected chi connectivity index (χ3v) is 4.20. The van der Waals surface area contributed by atoms with Gasteiger partial charge < -0.3 is 9.47 Å². The second kappa shape index (κ2) is 6.40. The minimum Gasteiger partial charge on any atom is -0.490 e.